The number of pyridine rings is 1. The fourth-order valence-corrected chi connectivity index (χ4v) is 2.97. The number of nitrogens with zero attached hydrogens (tertiary/aromatic N) is 3. The molecule has 0 bridgehead atoms. The maximum Gasteiger partial charge on any atom is 0.0449 e. The van der Waals surface area contributed by atoms with Gasteiger partial charge in [-0.25, -0.2) is 0 Å². The monoisotopic (exact) mass is 262 g/mol. The highest BCUT2D eigenvalue weighted by Crippen LogP contribution is 2.26. The largest absolute Gasteiger partial charge is 0.368 e. The zero-order chi connectivity index (χ0) is 14.0. The molecule has 1 unspecified atom stereocenters. The van der Waals surface area contributed by atoms with E-state index in [1.165, 1.54) is 17.7 Å². The fraction of sp³-hybridized carbons (Fsp3) is 0.667. The van der Waals surface area contributed by atoms with E-state index >= 15 is 0 Å². The maximum atomic E-state index is 5.93. The number of aryl methyl sites for hydroxylation is 2. The molecule has 0 saturated carbocycles. The molecule has 1 aliphatic heterocycles. The SMILES string of the molecule is CCC1CN(c2cc(C)nc(C)c2CN)CCN1C. The van der Waals surface area contributed by atoms with Crippen LogP contribution >= 0.6 is 0 Å². The number of piperazine rings is 1. The van der Waals surface area contributed by atoms with Crippen LogP contribution in [0.15, 0.2) is 6.07 Å². The minimum Gasteiger partial charge on any atom is -0.368 e. The Morgan fingerprint density at radius 2 is 2.11 bits per heavy atom. The maximum absolute atomic E-state index is 5.93. The molecular formula is C15H26N4. The molecule has 2 rings (SSSR count). The summed E-state index contributed by atoms with van der Waals surface area (Å²) in [4.78, 5) is 9.48. The molecule has 2 N–H and O–H groups in total. The van der Waals surface area contributed by atoms with Gasteiger partial charge in [-0.1, -0.05) is 6.92 Å². The topological polar surface area (TPSA) is 45.4 Å². The number of hydrogen-bond donors (Lipinski definition) is 1. The number of likely N-dealkylation sites (N-methyl/N-ethyl adjacent to an activating group) is 1. The highest BCUT2D eigenvalue weighted by molar-refractivity contribution is 5.56. The summed E-state index contributed by atoms with van der Waals surface area (Å²) >= 11 is 0. The lowest BCUT2D eigenvalue weighted by Gasteiger charge is -2.41. The van der Waals surface area contributed by atoms with Gasteiger partial charge in [0.2, 0.25) is 0 Å². The number of aromatic nitrogens is 1. The predicted molar refractivity (Wildman–Crippen MR) is 80.5 cm³/mol. The lowest BCUT2D eigenvalue weighted by atomic mass is 10.1. The van der Waals surface area contributed by atoms with Gasteiger partial charge in [-0.3, -0.25) is 9.88 Å². The van der Waals surface area contributed by atoms with Crippen LogP contribution in [0.3, 0.4) is 0 Å². The number of rotatable bonds is 3. The summed E-state index contributed by atoms with van der Waals surface area (Å²) in [5, 5.41) is 0. The van der Waals surface area contributed by atoms with E-state index in [1.807, 2.05) is 0 Å². The zero-order valence-corrected chi connectivity index (χ0v) is 12.6. The molecule has 0 amide bonds. The summed E-state index contributed by atoms with van der Waals surface area (Å²) in [6.07, 6.45) is 1.19. The van der Waals surface area contributed by atoms with E-state index in [4.69, 9.17) is 5.73 Å². The summed E-state index contributed by atoms with van der Waals surface area (Å²) in [7, 11) is 2.22. The third kappa shape index (κ3) is 2.90. The van der Waals surface area contributed by atoms with Gasteiger partial charge in [0.15, 0.2) is 0 Å². The van der Waals surface area contributed by atoms with Crippen LogP contribution in [0.4, 0.5) is 5.69 Å². The van der Waals surface area contributed by atoms with Gasteiger partial charge in [0, 0.05) is 54.9 Å². The Labute approximate surface area is 116 Å². The van der Waals surface area contributed by atoms with Crippen molar-refractivity contribution < 1.29 is 0 Å². The lowest BCUT2D eigenvalue weighted by molar-refractivity contribution is 0.213. The molecule has 4 nitrogen and oxygen atoms in total. The molecule has 1 atom stereocenters. The van der Waals surface area contributed by atoms with Crippen molar-refractivity contribution >= 4 is 5.69 Å². The molecule has 4 heteroatoms. The Hall–Kier alpha value is -1.13. The summed E-state index contributed by atoms with van der Waals surface area (Å²) in [6, 6.07) is 2.82. The van der Waals surface area contributed by atoms with E-state index in [2.05, 4.69) is 48.7 Å². The minimum absolute atomic E-state index is 0.567. The summed E-state index contributed by atoms with van der Waals surface area (Å²) < 4.78 is 0. The van der Waals surface area contributed by atoms with Crippen LogP contribution in [-0.4, -0.2) is 42.6 Å². The van der Waals surface area contributed by atoms with E-state index in [0.29, 0.717) is 12.6 Å². The van der Waals surface area contributed by atoms with Crippen LogP contribution in [0, 0.1) is 13.8 Å². The van der Waals surface area contributed by atoms with E-state index in [9.17, 15) is 0 Å². The van der Waals surface area contributed by atoms with Gasteiger partial charge in [-0.15, -0.1) is 0 Å². The average Bonchev–Trinajstić information content (AvgIpc) is 2.38. The molecule has 0 aliphatic carbocycles. The van der Waals surface area contributed by atoms with Gasteiger partial charge in [0.05, 0.1) is 0 Å². The van der Waals surface area contributed by atoms with E-state index in [-0.39, 0.29) is 0 Å². The van der Waals surface area contributed by atoms with Crippen LogP contribution in [0.1, 0.15) is 30.3 Å². The average molecular weight is 262 g/mol. The van der Waals surface area contributed by atoms with E-state index < -0.39 is 0 Å². The molecule has 106 valence electrons. The Kier molecular flexibility index (Phi) is 4.42. The van der Waals surface area contributed by atoms with Crippen molar-refractivity contribution in [1.29, 1.82) is 0 Å². The second kappa shape index (κ2) is 5.88. The molecule has 0 radical (unpaired) electrons. The van der Waals surface area contributed by atoms with Crippen molar-refractivity contribution in [2.75, 3.05) is 31.6 Å². The quantitative estimate of drug-likeness (QED) is 0.900. The predicted octanol–water partition coefficient (Wildman–Crippen LogP) is 1.69. The van der Waals surface area contributed by atoms with Gasteiger partial charge in [0.25, 0.3) is 0 Å². The molecule has 1 aliphatic rings. The van der Waals surface area contributed by atoms with Gasteiger partial charge in [-0.05, 0) is 33.4 Å². The van der Waals surface area contributed by atoms with Crippen molar-refractivity contribution in [3.8, 4) is 0 Å². The van der Waals surface area contributed by atoms with Gasteiger partial charge in [-0.2, -0.15) is 0 Å². The second-order valence-corrected chi connectivity index (χ2v) is 5.54. The summed E-state index contributed by atoms with van der Waals surface area (Å²) in [5.74, 6) is 0. The minimum atomic E-state index is 0.567. The van der Waals surface area contributed by atoms with Crippen molar-refractivity contribution in [2.45, 2.75) is 39.8 Å². The Balaban J connectivity index is 2.31. The molecule has 1 aromatic rings. The highest BCUT2D eigenvalue weighted by Gasteiger charge is 2.24. The summed E-state index contributed by atoms with van der Waals surface area (Å²) in [6.45, 7) is 10.2. The Morgan fingerprint density at radius 3 is 2.74 bits per heavy atom. The number of hydrogen-bond acceptors (Lipinski definition) is 4. The molecule has 1 aromatic heterocycles. The summed E-state index contributed by atoms with van der Waals surface area (Å²) in [5.41, 5.74) is 10.6. The smallest absolute Gasteiger partial charge is 0.0449 e. The van der Waals surface area contributed by atoms with Crippen LogP contribution in [0.25, 0.3) is 0 Å². The Morgan fingerprint density at radius 1 is 1.37 bits per heavy atom. The first kappa shape index (κ1) is 14.3. The molecule has 0 aromatic carbocycles. The molecule has 2 heterocycles. The molecule has 19 heavy (non-hydrogen) atoms. The molecule has 1 fully saturated rings. The molecule has 1 saturated heterocycles. The fourth-order valence-electron chi connectivity index (χ4n) is 2.97. The highest BCUT2D eigenvalue weighted by atomic mass is 15.3. The Bertz CT molecular complexity index is 444. The lowest BCUT2D eigenvalue weighted by Crippen LogP contribution is -2.51. The van der Waals surface area contributed by atoms with Crippen LogP contribution in [0.5, 0.6) is 0 Å². The number of anilines is 1. The van der Waals surface area contributed by atoms with Crippen molar-refractivity contribution in [3.63, 3.8) is 0 Å². The number of nitrogens with two attached hydrogens (primary N) is 1. The van der Waals surface area contributed by atoms with Gasteiger partial charge < -0.3 is 10.6 Å². The van der Waals surface area contributed by atoms with Crippen LogP contribution in [-0.2, 0) is 6.54 Å². The van der Waals surface area contributed by atoms with Crippen molar-refractivity contribution in [2.24, 2.45) is 5.73 Å². The van der Waals surface area contributed by atoms with Crippen molar-refractivity contribution in [1.82, 2.24) is 9.88 Å². The standard InChI is InChI=1S/C15H26N4/c1-5-13-10-19(7-6-18(13)4)15-8-11(2)17-12(3)14(15)9-16/h8,13H,5-7,9-10,16H2,1-4H3. The van der Waals surface area contributed by atoms with E-state index in [0.717, 1.165) is 31.0 Å². The van der Waals surface area contributed by atoms with Crippen LogP contribution in [0.2, 0.25) is 0 Å². The first-order chi connectivity index (χ1) is 9.06. The normalized spacial score (nSPS) is 20.9. The van der Waals surface area contributed by atoms with Gasteiger partial charge >= 0.3 is 0 Å². The zero-order valence-electron chi connectivity index (χ0n) is 12.6. The van der Waals surface area contributed by atoms with E-state index in [1.54, 1.807) is 0 Å². The van der Waals surface area contributed by atoms with Crippen molar-refractivity contribution in [3.05, 3.63) is 23.0 Å². The third-order valence-corrected chi connectivity index (χ3v) is 4.23. The first-order valence-electron chi connectivity index (χ1n) is 7.19. The first-order valence-corrected chi connectivity index (χ1v) is 7.19. The third-order valence-electron chi connectivity index (χ3n) is 4.23. The second-order valence-electron chi connectivity index (χ2n) is 5.54. The molecular weight excluding hydrogens is 236 g/mol. The van der Waals surface area contributed by atoms with Crippen LogP contribution < -0.4 is 10.6 Å². The van der Waals surface area contributed by atoms with Gasteiger partial charge in [0.1, 0.15) is 0 Å². The molecule has 0 spiro atoms.